The molecule has 1 aliphatic carbocycles. The highest BCUT2D eigenvalue weighted by atomic mass is 35.5. The van der Waals surface area contributed by atoms with E-state index in [0.29, 0.717) is 34.4 Å². The Hall–Kier alpha value is -2.76. The molecule has 1 saturated carbocycles. The van der Waals surface area contributed by atoms with E-state index in [2.05, 4.69) is 17.2 Å². The number of carboxylic acids is 1. The molecular weight excluding hydrogens is 610 g/mol. The van der Waals surface area contributed by atoms with E-state index in [1.807, 2.05) is 12.4 Å². The lowest BCUT2D eigenvalue weighted by molar-refractivity contribution is -0.139. The predicted octanol–water partition coefficient (Wildman–Crippen LogP) is 7.08. The minimum Gasteiger partial charge on any atom is -0.494 e. The number of hydrogen-bond donors (Lipinski definition) is 2. The Bertz CT molecular complexity index is 1300. The number of halogens is 3. The molecule has 1 saturated heterocycles. The minimum atomic E-state index is -1.05. The van der Waals surface area contributed by atoms with E-state index in [9.17, 15) is 9.18 Å². The zero-order valence-electron chi connectivity index (χ0n) is 25.3. The molecule has 2 aliphatic heterocycles. The van der Waals surface area contributed by atoms with E-state index in [0.717, 1.165) is 31.5 Å². The fourth-order valence-corrected chi connectivity index (χ4v) is 6.80. The Morgan fingerprint density at radius 3 is 2.52 bits per heavy atom. The van der Waals surface area contributed by atoms with Gasteiger partial charge >= 0.3 is 12.3 Å². The van der Waals surface area contributed by atoms with Gasteiger partial charge in [-0.15, -0.1) is 0 Å². The summed E-state index contributed by atoms with van der Waals surface area (Å²) < 4.78 is 31.7. The summed E-state index contributed by atoms with van der Waals surface area (Å²) in [5.41, 5.74) is 0.799. The standard InChI is InChI=1S/C24H36FN4O2.C8H6Cl2O3/c1-3-22(21-10-7-13-27-21)29(19-11-12-23(30-2)20(25)14-19)17-26-16-28-24(29)31-15-18-8-5-4-6-9-18;9-5-1-2-7(6(10)3-5)13-4-8(11)12/h11-12,14,16-18,21-22,24,27H,3-10,13,15H2,1-2H3;1-3H,4H2,(H,11,12)/q+1;. The van der Waals surface area contributed by atoms with Crippen molar-refractivity contribution < 1.29 is 28.5 Å². The highest BCUT2D eigenvalue weighted by molar-refractivity contribution is 6.35. The molecule has 2 aromatic rings. The number of ether oxygens (including phenoxy) is 3. The molecule has 9 nitrogen and oxygen atoms in total. The molecule has 2 fully saturated rings. The van der Waals surface area contributed by atoms with Gasteiger partial charge in [0.2, 0.25) is 6.34 Å². The topological polar surface area (TPSA) is 102 Å². The van der Waals surface area contributed by atoms with Crippen LogP contribution in [-0.4, -0.2) is 69.1 Å². The van der Waals surface area contributed by atoms with Gasteiger partial charge in [-0.1, -0.05) is 49.4 Å². The summed E-state index contributed by atoms with van der Waals surface area (Å²) in [5.74, 6) is -0.298. The number of hydrogen-bond acceptors (Lipinski definition) is 7. The Labute approximate surface area is 268 Å². The van der Waals surface area contributed by atoms with Crippen molar-refractivity contribution in [2.75, 3.05) is 26.9 Å². The van der Waals surface area contributed by atoms with Gasteiger partial charge in [0.1, 0.15) is 23.8 Å². The zero-order valence-corrected chi connectivity index (χ0v) is 26.8. The second-order valence-corrected chi connectivity index (χ2v) is 12.1. The number of carbonyl (C=O) groups is 1. The van der Waals surface area contributed by atoms with Crippen LogP contribution in [0, 0.1) is 11.7 Å². The monoisotopic (exact) mass is 651 g/mol. The van der Waals surface area contributed by atoms with Crippen molar-refractivity contribution in [2.24, 2.45) is 15.9 Å². The summed E-state index contributed by atoms with van der Waals surface area (Å²) in [7, 11) is 1.49. The molecule has 4 atom stereocenters. The van der Waals surface area contributed by atoms with E-state index in [4.69, 9.17) is 47.5 Å². The molecule has 2 N–H and O–H groups in total. The SMILES string of the molecule is CCC(C1CCCN1)[N+]1(c2ccc(OC)c(F)c2)C=NC=NC1OCC1CCCCC1.O=C(O)COc1ccc(Cl)cc1Cl. The quantitative estimate of drug-likeness (QED) is 0.252. The normalized spacial score (nSPS) is 23.9. The third kappa shape index (κ3) is 8.48. The van der Waals surface area contributed by atoms with Crippen LogP contribution in [0.5, 0.6) is 11.5 Å². The van der Waals surface area contributed by atoms with E-state index in [-0.39, 0.29) is 22.1 Å². The maximum absolute atomic E-state index is 14.8. The van der Waals surface area contributed by atoms with Gasteiger partial charge in [-0.2, -0.15) is 14.5 Å². The number of rotatable bonds is 11. The van der Waals surface area contributed by atoms with Gasteiger partial charge in [0, 0.05) is 17.2 Å². The van der Waals surface area contributed by atoms with Gasteiger partial charge in [-0.05, 0) is 68.8 Å². The summed E-state index contributed by atoms with van der Waals surface area (Å²) in [5, 5.41) is 12.8. The van der Waals surface area contributed by atoms with Gasteiger partial charge in [-0.25, -0.2) is 9.18 Å². The average Bonchev–Trinajstić information content (AvgIpc) is 3.56. The van der Waals surface area contributed by atoms with Crippen LogP contribution in [0.2, 0.25) is 10.0 Å². The van der Waals surface area contributed by atoms with Crippen LogP contribution in [0.4, 0.5) is 10.1 Å². The average molecular weight is 653 g/mol. The summed E-state index contributed by atoms with van der Waals surface area (Å²) >= 11 is 11.3. The van der Waals surface area contributed by atoms with Crippen molar-refractivity contribution in [3.63, 3.8) is 0 Å². The van der Waals surface area contributed by atoms with E-state index >= 15 is 0 Å². The molecule has 0 radical (unpaired) electrons. The molecule has 0 spiro atoms. The second-order valence-electron chi connectivity index (χ2n) is 11.3. The third-order valence-electron chi connectivity index (χ3n) is 8.45. The Kier molecular flexibility index (Phi) is 12.8. The van der Waals surface area contributed by atoms with Crippen LogP contribution in [0.15, 0.2) is 46.4 Å². The fourth-order valence-electron chi connectivity index (χ4n) is 6.33. The number of quaternary nitrogens is 1. The summed E-state index contributed by atoms with van der Waals surface area (Å²) in [6, 6.07) is 10.2. The van der Waals surface area contributed by atoms with Crippen LogP contribution in [-0.2, 0) is 9.53 Å². The molecule has 5 rings (SSSR count). The Balaban J connectivity index is 0.000000285. The first-order valence-electron chi connectivity index (χ1n) is 15.2. The third-order valence-corrected chi connectivity index (χ3v) is 8.98. The van der Waals surface area contributed by atoms with Crippen molar-refractivity contribution in [1.82, 2.24) is 9.80 Å². The van der Waals surface area contributed by atoms with Crippen molar-refractivity contribution in [3.8, 4) is 11.5 Å². The number of methoxy groups -OCH3 is 1. The molecule has 2 aromatic carbocycles. The van der Waals surface area contributed by atoms with Crippen LogP contribution >= 0.6 is 23.2 Å². The summed E-state index contributed by atoms with van der Waals surface area (Å²) in [6.45, 7) is 3.46. The lowest BCUT2D eigenvalue weighted by Gasteiger charge is -2.46. The van der Waals surface area contributed by atoms with Crippen molar-refractivity contribution >= 4 is 47.5 Å². The van der Waals surface area contributed by atoms with Crippen molar-refractivity contribution in [2.45, 2.75) is 76.7 Å². The molecule has 240 valence electrons. The number of aliphatic imine (C=N–C) groups is 2. The van der Waals surface area contributed by atoms with Gasteiger partial charge in [0.05, 0.1) is 24.8 Å². The van der Waals surface area contributed by atoms with Crippen molar-refractivity contribution in [1.29, 1.82) is 0 Å². The molecule has 0 aromatic heterocycles. The first-order chi connectivity index (χ1) is 21.3. The lowest BCUT2D eigenvalue weighted by Crippen LogP contribution is -2.68. The zero-order chi connectivity index (χ0) is 31.5. The van der Waals surface area contributed by atoms with Crippen LogP contribution in [0.25, 0.3) is 0 Å². The van der Waals surface area contributed by atoms with E-state index in [1.54, 1.807) is 24.5 Å². The van der Waals surface area contributed by atoms with E-state index < -0.39 is 18.9 Å². The second kappa shape index (κ2) is 16.5. The molecule has 0 amide bonds. The highest BCUT2D eigenvalue weighted by Gasteiger charge is 2.51. The number of nitrogens with one attached hydrogen (secondary N) is 1. The van der Waals surface area contributed by atoms with Crippen LogP contribution in [0.3, 0.4) is 0 Å². The van der Waals surface area contributed by atoms with Crippen LogP contribution < -0.4 is 19.3 Å². The predicted molar refractivity (Wildman–Crippen MR) is 173 cm³/mol. The van der Waals surface area contributed by atoms with Crippen LogP contribution in [0.1, 0.15) is 58.3 Å². The number of nitrogens with zero attached hydrogens (tertiary/aromatic N) is 3. The maximum Gasteiger partial charge on any atom is 0.341 e. The largest absolute Gasteiger partial charge is 0.494 e. The molecule has 12 heteroatoms. The van der Waals surface area contributed by atoms with Gasteiger partial charge in [-0.3, -0.25) is 0 Å². The maximum atomic E-state index is 14.8. The molecule has 4 unspecified atom stereocenters. The molecule has 2 heterocycles. The highest BCUT2D eigenvalue weighted by Crippen LogP contribution is 2.38. The number of benzene rings is 2. The Morgan fingerprint density at radius 1 is 1.11 bits per heavy atom. The Morgan fingerprint density at radius 2 is 1.89 bits per heavy atom. The van der Waals surface area contributed by atoms with Gasteiger partial charge < -0.3 is 24.6 Å². The van der Waals surface area contributed by atoms with Gasteiger partial charge in [0.25, 0.3) is 0 Å². The number of aliphatic carboxylic acids is 1. The van der Waals surface area contributed by atoms with Gasteiger partial charge in [0.15, 0.2) is 18.2 Å². The first-order valence-corrected chi connectivity index (χ1v) is 16.0. The molecule has 3 aliphatic rings. The molecule has 0 bridgehead atoms. The van der Waals surface area contributed by atoms with E-state index in [1.165, 1.54) is 51.3 Å². The number of carboxylic acid groups (broad SMARTS) is 1. The molecular formula is C32H42Cl2FN4O5+. The summed E-state index contributed by atoms with van der Waals surface area (Å²) in [4.78, 5) is 19.3. The lowest BCUT2D eigenvalue weighted by atomic mass is 9.90. The first kappa shape index (κ1) is 34.1. The fraction of sp³-hybridized carbons (Fsp3) is 0.531. The minimum absolute atomic E-state index is 0.132. The smallest absolute Gasteiger partial charge is 0.341 e. The summed E-state index contributed by atoms with van der Waals surface area (Å²) in [6.07, 6.45) is 12.4. The van der Waals surface area contributed by atoms with Crippen molar-refractivity contribution in [3.05, 3.63) is 52.3 Å². The molecule has 44 heavy (non-hydrogen) atoms.